The number of hydrogen-bond acceptors (Lipinski definition) is 2. The van der Waals surface area contributed by atoms with Crippen LogP contribution in [0.2, 0.25) is 0 Å². The third-order valence-corrected chi connectivity index (χ3v) is 5.97. The Hall–Kier alpha value is -0.540. The number of hydrogen-bond donors (Lipinski definition) is 1. The molecule has 2 nitrogen and oxygen atoms in total. The number of piperidine rings is 2. The highest BCUT2D eigenvalue weighted by Gasteiger charge is 2.38. The van der Waals surface area contributed by atoms with E-state index in [-0.39, 0.29) is 0 Å². The van der Waals surface area contributed by atoms with E-state index in [0.717, 1.165) is 18.1 Å². The van der Waals surface area contributed by atoms with Gasteiger partial charge in [0.25, 0.3) is 0 Å². The van der Waals surface area contributed by atoms with Gasteiger partial charge in [-0.3, -0.25) is 0 Å². The molecule has 0 spiro atoms. The topological polar surface area (TPSA) is 15.3 Å². The molecule has 0 radical (unpaired) electrons. The lowest BCUT2D eigenvalue weighted by atomic mass is 9.81. The Morgan fingerprint density at radius 3 is 2.57 bits per heavy atom. The molecule has 2 aliphatic heterocycles. The number of fused-ring (bicyclic) bond motifs is 2. The molecule has 21 heavy (non-hydrogen) atoms. The lowest BCUT2D eigenvalue weighted by Gasteiger charge is -2.50. The van der Waals surface area contributed by atoms with E-state index in [2.05, 4.69) is 58.2 Å². The number of halogens is 1. The lowest BCUT2D eigenvalue weighted by Crippen LogP contribution is -2.56. The van der Waals surface area contributed by atoms with Crippen LogP contribution < -0.4 is 10.2 Å². The first-order valence-electron chi connectivity index (χ1n) is 8.47. The Kier molecular flexibility index (Phi) is 4.90. The fraction of sp³-hybridized carbons (Fsp3) is 0.667. The summed E-state index contributed by atoms with van der Waals surface area (Å²) < 4.78 is 1.24. The predicted molar refractivity (Wildman–Crippen MR) is 94.1 cm³/mol. The maximum absolute atomic E-state index is 3.76. The summed E-state index contributed by atoms with van der Waals surface area (Å²) in [7, 11) is 0. The summed E-state index contributed by atoms with van der Waals surface area (Å²) in [4.78, 5) is 2.72. The van der Waals surface area contributed by atoms with E-state index in [9.17, 15) is 0 Å². The van der Waals surface area contributed by atoms with Gasteiger partial charge in [-0.2, -0.15) is 0 Å². The molecule has 2 bridgehead atoms. The van der Waals surface area contributed by atoms with Crippen LogP contribution in [0.4, 0.5) is 5.69 Å². The molecule has 1 aromatic carbocycles. The zero-order chi connectivity index (χ0) is 14.8. The first-order chi connectivity index (χ1) is 10.2. The molecule has 0 aliphatic carbocycles. The van der Waals surface area contributed by atoms with E-state index in [4.69, 9.17) is 0 Å². The van der Waals surface area contributed by atoms with E-state index in [0.29, 0.717) is 0 Å². The number of nitrogens with zero attached hydrogens (tertiary/aromatic N) is 1. The van der Waals surface area contributed by atoms with Gasteiger partial charge >= 0.3 is 0 Å². The molecule has 0 amide bonds. The minimum absolute atomic E-state index is 0.724. The van der Waals surface area contributed by atoms with Crippen molar-refractivity contribution in [3.63, 3.8) is 0 Å². The fourth-order valence-electron chi connectivity index (χ4n) is 4.06. The molecule has 2 heterocycles. The van der Waals surface area contributed by atoms with Crippen LogP contribution in [0.25, 0.3) is 0 Å². The number of rotatable bonds is 4. The number of aryl methyl sites for hydroxylation is 1. The van der Waals surface area contributed by atoms with Crippen molar-refractivity contribution in [2.24, 2.45) is 0 Å². The van der Waals surface area contributed by atoms with Gasteiger partial charge in [0, 0.05) is 28.3 Å². The van der Waals surface area contributed by atoms with Crippen LogP contribution in [0.5, 0.6) is 0 Å². The highest BCUT2D eigenvalue weighted by molar-refractivity contribution is 9.10. The SMILES string of the molecule is CCCNC1CC2CCCC(C1)N2c1ccc(C)c(Br)c1. The smallest absolute Gasteiger partial charge is 0.0382 e. The van der Waals surface area contributed by atoms with Crippen molar-refractivity contribution in [2.75, 3.05) is 11.4 Å². The van der Waals surface area contributed by atoms with Crippen LogP contribution in [0.15, 0.2) is 22.7 Å². The Bertz CT molecular complexity index is 474. The van der Waals surface area contributed by atoms with Crippen molar-refractivity contribution in [1.29, 1.82) is 0 Å². The molecule has 0 aromatic heterocycles. The number of anilines is 1. The molecule has 3 heteroatoms. The summed E-state index contributed by atoms with van der Waals surface area (Å²) in [5.41, 5.74) is 2.74. The highest BCUT2D eigenvalue weighted by Crippen LogP contribution is 2.38. The van der Waals surface area contributed by atoms with Crippen LogP contribution in [-0.4, -0.2) is 24.7 Å². The van der Waals surface area contributed by atoms with E-state index in [1.807, 2.05) is 0 Å². The predicted octanol–water partition coefficient (Wildman–Crippen LogP) is 4.65. The molecule has 1 aromatic rings. The van der Waals surface area contributed by atoms with Crippen molar-refractivity contribution in [3.05, 3.63) is 28.2 Å². The van der Waals surface area contributed by atoms with Crippen molar-refractivity contribution >= 4 is 21.6 Å². The molecular weight excluding hydrogens is 324 g/mol. The first-order valence-corrected chi connectivity index (χ1v) is 9.26. The minimum Gasteiger partial charge on any atom is -0.365 e. The summed E-state index contributed by atoms with van der Waals surface area (Å²) in [6.07, 6.45) is 7.96. The van der Waals surface area contributed by atoms with Gasteiger partial charge in [0.05, 0.1) is 0 Å². The lowest BCUT2D eigenvalue weighted by molar-refractivity contribution is 0.246. The molecule has 2 saturated heterocycles. The second-order valence-corrected chi connectivity index (χ2v) is 7.56. The molecule has 2 unspecified atom stereocenters. The van der Waals surface area contributed by atoms with Gasteiger partial charge in [0.15, 0.2) is 0 Å². The molecule has 3 rings (SSSR count). The molecule has 2 aliphatic rings. The van der Waals surface area contributed by atoms with Crippen molar-refractivity contribution in [3.8, 4) is 0 Å². The molecular formula is C18H27BrN2. The van der Waals surface area contributed by atoms with Gasteiger partial charge in [-0.25, -0.2) is 0 Å². The van der Waals surface area contributed by atoms with Gasteiger partial charge in [-0.1, -0.05) is 28.9 Å². The van der Waals surface area contributed by atoms with Crippen LogP contribution in [0.1, 0.15) is 51.0 Å². The normalized spacial score (nSPS) is 28.7. The first kappa shape index (κ1) is 15.4. The summed E-state index contributed by atoms with van der Waals surface area (Å²) in [5, 5.41) is 3.76. The van der Waals surface area contributed by atoms with E-state index < -0.39 is 0 Å². The van der Waals surface area contributed by atoms with Crippen LogP contribution in [0.3, 0.4) is 0 Å². The maximum atomic E-state index is 3.76. The summed E-state index contributed by atoms with van der Waals surface area (Å²) in [6.45, 7) is 5.59. The quantitative estimate of drug-likeness (QED) is 0.850. The minimum atomic E-state index is 0.724. The van der Waals surface area contributed by atoms with E-state index in [1.54, 1.807) is 0 Å². The zero-order valence-corrected chi connectivity index (χ0v) is 14.8. The van der Waals surface area contributed by atoms with Gasteiger partial charge in [0.2, 0.25) is 0 Å². The summed E-state index contributed by atoms with van der Waals surface area (Å²) in [6, 6.07) is 9.05. The monoisotopic (exact) mass is 350 g/mol. The van der Waals surface area contributed by atoms with Crippen LogP contribution in [0, 0.1) is 6.92 Å². The number of nitrogens with one attached hydrogen (secondary N) is 1. The van der Waals surface area contributed by atoms with Gasteiger partial charge in [-0.05, 0) is 69.7 Å². The van der Waals surface area contributed by atoms with Gasteiger partial charge < -0.3 is 10.2 Å². The summed E-state index contributed by atoms with van der Waals surface area (Å²) in [5.74, 6) is 0. The molecule has 2 atom stereocenters. The largest absolute Gasteiger partial charge is 0.365 e. The highest BCUT2D eigenvalue weighted by atomic mass is 79.9. The average molecular weight is 351 g/mol. The Balaban J connectivity index is 1.78. The Morgan fingerprint density at radius 2 is 1.95 bits per heavy atom. The molecule has 116 valence electrons. The molecule has 0 saturated carbocycles. The van der Waals surface area contributed by atoms with Crippen molar-refractivity contribution in [2.45, 2.75) is 70.5 Å². The third-order valence-electron chi connectivity index (χ3n) is 5.11. The second kappa shape index (κ2) is 6.70. The van der Waals surface area contributed by atoms with Crippen molar-refractivity contribution in [1.82, 2.24) is 5.32 Å². The Labute approximate surface area is 137 Å². The molecule has 2 fully saturated rings. The third kappa shape index (κ3) is 3.29. The van der Waals surface area contributed by atoms with Crippen LogP contribution in [-0.2, 0) is 0 Å². The Morgan fingerprint density at radius 1 is 1.24 bits per heavy atom. The zero-order valence-electron chi connectivity index (χ0n) is 13.2. The van der Waals surface area contributed by atoms with Gasteiger partial charge in [-0.15, -0.1) is 0 Å². The van der Waals surface area contributed by atoms with Crippen molar-refractivity contribution < 1.29 is 0 Å². The van der Waals surface area contributed by atoms with E-state index in [1.165, 1.54) is 60.8 Å². The van der Waals surface area contributed by atoms with Crippen LogP contribution >= 0.6 is 15.9 Å². The second-order valence-electron chi connectivity index (χ2n) is 6.70. The van der Waals surface area contributed by atoms with E-state index >= 15 is 0 Å². The standard InChI is InChI=1S/C18H27BrN2/c1-3-9-20-14-10-15-5-4-6-16(11-14)21(15)17-8-7-13(2)18(19)12-17/h7-8,12,14-16,20H,3-6,9-11H2,1-2H3. The summed E-state index contributed by atoms with van der Waals surface area (Å²) >= 11 is 3.70. The van der Waals surface area contributed by atoms with Gasteiger partial charge in [0.1, 0.15) is 0 Å². The maximum Gasteiger partial charge on any atom is 0.0382 e. The molecule has 1 N–H and O–H groups in total. The average Bonchev–Trinajstić information content (AvgIpc) is 2.47. The number of benzene rings is 1. The fourth-order valence-corrected chi connectivity index (χ4v) is 4.43.